The van der Waals surface area contributed by atoms with Crippen LogP contribution < -0.4 is 10.6 Å². The number of thioether (sulfide) groups is 1. The minimum Gasteiger partial charge on any atom is -0.456 e. The van der Waals surface area contributed by atoms with Gasteiger partial charge >= 0.3 is 5.97 Å². The number of allylic oxidation sites excluding steroid dienone is 1. The highest BCUT2D eigenvalue weighted by Gasteiger charge is 2.41. The van der Waals surface area contributed by atoms with E-state index in [9.17, 15) is 19.2 Å². The second-order valence-electron chi connectivity index (χ2n) is 10.5. The zero-order valence-corrected chi connectivity index (χ0v) is 24.7. The van der Waals surface area contributed by atoms with E-state index < -0.39 is 23.7 Å². The van der Waals surface area contributed by atoms with Gasteiger partial charge in [0.05, 0.1) is 13.0 Å². The smallest absolute Gasteiger partial charge is 0.329 e. The Bertz CT molecular complexity index is 1350. The van der Waals surface area contributed by atoms with Crippen molar-refractivity contribution in [2.24, 2.45) is 10.9 Å². The Morgan fingerprint density at radius 2 is 2.02 bits per heavy atom. The molecule has 2 aromatic rings. The zero-order valence-electron chi connectivity index (χ0n) is 23.1. The lowest BCUT2D eigenvalue weighted by Gasteiger charge is -2.27. The van der Waals surface area contributed by atoms with Crippen LogP contribution in [0.5, 0.6) is 0 Å². The van der Waals surface area contributed by atoms with E-state index in [1.807, 2.05) is 50.4 Å². The third kappa shape index (κ3) is 7.45. The maximum absolute atomic E-state index is 13.3. The molecule has 0 spiro atoms. The molecule has 3 atom stereocenters. The van der Waals surface area contributed by atoms with Gasteiger partial charge in [0.15, 0.2) is 0 Å². The summed E-state index contributed by atoms with van der Waals surface area (Å²) in [6, 6.07) is 6.78. The molecule has 2 aliphatic heterocycles. The highest BCUT2D eigenvalue weighted by atomic mass is 32.2. The molecule has 0 radical (unpaired) electrons. The highest BCUT2D eigenvalue weighted by molar-refractivity contribution is 8.14. The molecular formula is C29H34N4O5S2. The quantitative estimate of drug-likeness (QED) is 0.394. The fourth-order valence-electron chi connectivity index (χ4n) is 4.27. The first kappa shape index (κ1) is 29.7. The summed E-state index contributed by atoms with van der Waals surface area (Å²) in [4.78, 5) is 61.2. The summed E-state index contributed by atoms with van der Waals surface area (Å²) in [6.45, 7) is 7.53. The molecule has 0 unspecified atom stereocenters. The Morgan fingerprint density at radius 3 is 2.77 bits per heavy atom. The Morgan fingerprint density at radius 1 is 1.25 bits per heavy atom. The molecular weight excluding hydrogens is 548 g/mol. The number of aryl methyl sites for hydroxylation is 1. The number of aliphatic imine (C=N–C) groups is 1. The third-order valence-corrected chi connectivity index (χ3v) is 8.87. The topological polar surface area (TPSA) is 127 Å². The lowest BCUT2D eigenvalue weighted by atomic mass is 10.00. The van der Waals surface area contributed by atoms with Crippen LogP contribution in [0.1, 0.15) is 55.4 Å². The first-order valence-electron chi connectivity index (χ1n) is 13.2. The predicted molar refractivity (Wildman–Crippen MR) is 156 cm³/mol. The zero-order chi connectivity index (χ0) is 28.9. The average molecular weight is 583 g/mol. The first-order chi connectivity index (χ1) is 19.0. The Hall–Kier alpha value is -3.31. The SMILES string of the molecule is Cc1ccccc1CC(=O)C/C=C/[C@@H]1CC(=O)NCc2nc(cs2)C2=N[C@@](C)(CS2)C(=O)N[C@@H](C(C)C)C(=O)O1. The summed E-state index contributed by atoms with van der Waals surface area (Å²) in [5, 5.41) is 8.87. The molecule has 2 amide bonds. The molecule has 4 bridgehead atoms. The van der Waals surface area contributed by atoms with Gasteiger partial charge < -0.3 is 15.4 Å². The number of aromatic nitrogens is 1. The van der Waals surface area contributed by atoms with Crippen LogP contribution in [-0.4, -0.2) is 57.0 Å². The van der Waals surface area contributed by atoms with Crippen LogP contribution in [0.4, 0.5) is 0 Å². The number of hydrogen-bond donors (Lipinski definition) is 2. The number of benzene rings is 1. The fraction of sp³-hybridized carbons (Fsp3) is 0.448. The summed E-state index contributed by atoms with van der Waals surface area (Å²) >= 11 is 2.83. The van der Waals surface area contributed by atoms with Crippen LogP contribution >= 0.6 is 23.1 Å². The van der Waals surface area contributed by atoms with E-state index in [4.69, 9.17) is 4.74 Å². The number of ether oxygens (including phenoxy) is 1. The average Bonchev–Trinajstić information content (AvgIpc) is 3.54. The molecule has 9 nitrogen and oxygen atoms in total. The van der Waals surface area contributed by atoms with Gasteiger partial charge in [-0.25, -0.2) is 9.78 Å². The van der Waals surface area contributed by atoms with E-state index in [-0.39, 0.29) is 42.9 Å². The van der Waals surface area contributed by atoms with E-state index >= 15 is 0 Å². The number of fused-ring (bicyclic) bond motifs is 4. The monoisotopic (exact) mass is 582 g/mol. The van der Waals surface area contributed by atoms with Gasteiger partial charge in [0.1, 0.15) is 39.2 Å². The molecule has 1 aromatic carbocycles. The van der Waals surface area contributed by atoms with Crippen LogP contribution in [0, 0.1) is 12.8 Å². The maximum Gasteiger partial charge on any atom is 0.329 e. The molecule has 212 valence electrons. The number of carbonyl (C=O) groups excluding carboxylic acids is 4. The molecule has 0 saturated carbocycles. The van der Waals surface area contributed by atoms with E-state index in [0.29, 0.717) is 27.9 Å². The van der Waals surface area contributed by atoms with Crippen LogP contribution in [0.3, 0.4) is 0 Å². The first-order valence-corrected chi connectivity index (χ1v) is 15.1. The largest absolute Gasteiger partial charge is 0.456 e. The summed E-state index contributed by atoms with van der Waals surface area (Å²) in [6.07, 6.45) is 2.58. The number of rotatable bonds is 6. The van der Waals surface area contributed by atoms with Crippen molar-refractivity contribution in [2.75, 3.05) is 5.75 Å². The third-order valence-electron chi connectivity index (χ3n) is 6.74. The van der Waals surface area contributed by atoms with Crippen molar-refractivity contribution in [3.05, 3.63) is 63.6 Å². The maximum atomic E-state index is 13.3. The molecule has 11 heteroatoms. The number of hydrogen-bond acceptors (Lipinski definition) is 9. The van der Waals surface area contributed by atoms with Crippen molar-refractivity contribution < 1.29 is 23.9 Å². The Kier molecular flexibility index (Phi) is 9.57. The number of cyclic esters (lactones) is 1. The van der Waals surface area contributed by atoms with Crippen LogP contribution in [0.2, 0.25) is 0 Å². The van der Waals surface area contributed by atoms with Gasteiger partial charge in [-0.1, -0.05) is 44.2 Å². The normalized spacial score (nSPS) is 24.0. The molecule has 0 saturated heterocycles. The van der Waals surface area contributed by atoms with Gasteiger partial charge in [0, 0.05) is 24.0 Å². The number of nitrogens with one attached hydrogen (secondary N) is 2. The summed E-state index contributed by atoms with van der Waals surface area (Å²) in [5.41, 5.74) is 1.62. The van der Waals surface area contributed by atoms with Gasteiger partial charge in [0.2, 0.25) is 11.8 Å². The Balaban J connectivity index is 1.53. The number of nitrogens with zero attached hydrogens (tertiary/aromatic N) is 2. The van der Waals surface area contributed by atoms with E-state index in [1.165, 1.54) is 23.1 Å². The molecule has 2 aliphatic rings. The minimum atomic E-state index is -1.06. The number of thiazole rings is 1. The lowest BCUT2D eigenvalue weighted by molar-refractivity contribution is -0.153. The molecule has 1 aromatic heterocycles. The van der Waals surface area contributed by atoms with Gasteiger partial charge in [-0.05, 0) is 37.0 Å². The molecule has 0 aliphatic carbocycles. The highest BCUT2D eigenvalue weighted by Crippen LogP contribution is 2.32. The van der Waals surface area contributed by atoms with Crippen molar-refractivity contribution in [1.82, 2.24) is 15.6 Å². The number of carbonyl (C=O) groups is 4. The minimum absolute atomic E-state index is 0.00373. The summed E-state index contributed by atoms with van der Waals surface area (Å²) < 4.78 is 5.74. The van der Waals surface area contributed by atoms with Crippen molar-refractivity contribution >= 4 is 51.7 Å². The fourth-order valence-corrected chi connectivity index (χ4v) is 6.20. The number of ketones is 1. The number of esters is 1. The van der Waals surface area contributed by atoms with Gasteiger partial charge in [0.25, 0.3) is 0 Å². The number of Topliss-reactive ketones (excluding diaryl/α,β-unsaturated/α-hetero) is 1. The van der Waals surface area contributed by atoms with Crippen LogP contribution in [0.15, 0.2) is 46.8 Å². The van der Waals surface area contributed by atoms with Crippen molar-refractivity contribution in [3.63, 3.8) is 0 Å². The summed E-state index contributed by atoms with van der Waals surface area (Å²) in [7, 11) is 0. The van der Waals surface area contributed by atoms with E-state index in [2.05, 4.69) is 20.6 Å². The molecule has 2 N–H and O–H groups in total. The molecule has 4 rings (SSSR count). The number of amides is 2. The van der Waals surface area contributed by atoms with Crippen molar-refractivity contribution in [3.8, 4) is 0 Å². The van der Waals surface area contributed by atoms with Crippen LogP contribution in [0.25, 0.3) is 0 Å². The molecule has 40 heavy (non-hydrogen) atoms. The molecule has 0 fully saturated rings. The Labute approximate surface area is 242 Å². The van der Waals surface area contributed by atoms with Gasteiger partial charge in [-0.3, -0.25) is 19.4 Å². The van der Waals surface area contributed by atoms with E-state index in [1.54, 1.807) is 19.1 Å². The van der Waals surface area contributed by atoms with Crippen LogP contribution in [-0.2, 0) is 36.9 Å². The van der Waals surface area contributed by atoms with Crippen molar-refractivity contribution in [1.29, 1.82) is 0 Å². The van der Waals surface area contributed by atoms with Crippen molar-refractivity contribution in [2.45, 2.75) is 71.2 Å². The predicted octanol–water partition coefficient (Wildman–Crippen LogP) is 3.53. The van der Waals surface area contributed by atoms with Gasteiger partial charge in [-0.2, -0.15) is 0 Å². The van der Waals surface area contributed by atoms with E-state index in [0.717, 1.165) is 11.1 Å². The molecule has 3 heterocycles. The standard InChI is InChI=1S/C29H34N4O5S2/c1-17(2)25-27(36)38-21(11-7-10-20(34)12-19-9-6-5-8-18(19)3)13-23(35)30-14-24-31-22(15-39-24)26-33-29(4,16-40-26)28(37)32-25/h5-9,11,15,17,21,25H,10,12-14,16H2,1-4H3,(H,30,35)(H,32,37)/b11-7+/t21-,25+,29+/m1/s1. The second-order valence-corrected chi connectivity index (χ2v) is 12.4. The second kappa shape index (κ2) is 12.9. The lowest BCUT2D eigenvalue weighted by Crippen LogP contribution is -2.53. The summed E-state index contributed by atoms with van der Waals surface area (Å²) in [5.74, 6) is -1.21. The van der Waals surface area contributed by atoms with Gasteiger partial charge in [-0.15, -0.1) is 23.1 Å².